The van der Waals surface area contributed by atoms with Crippen LogP contribution < -0.4 is 20.3 Å². The molecular weight excluding hydrogens is 394 g/mol. The zero-order valence-electron chi connectivity index (χ0n) is 16.0. The minimum absolute atomic E-state index is 0.112. The molecule has 0 spiro atoms. The zero-order valence-corrected chi connectivity index (χ0v) is 17.6. The molecule has 1 aliphatic rings. The van der Waals surface area contributed by atoms with E-state index >= 15 is 0 Å². The number of benzene rings is 2. The Balaban J connectivity index is 1.49. The molecule has 0 unspecified atom stereocenters. The number of carbonyl (C=O) groups is 1. The van der Waals surface area contributed by atoms with Gasteiger partial charge in [0.25, 0.3) is 5.91 Å². The first kappa shape index (κ1) is 20.4. The lowest BCUT2D eigenvalue weighted by molar-refractivity contribution is -0.121. The second-order valence-corrected chi connectivity index (χ2v) is 7.71. The fraction of sp³-hybridized carbons (Fsp3) is 0.333. The maximum Gasteiger partial charge on any atom is 0.264 e. The molecule has 1 amide bonds. The lowest BCUT2D eigenvalue weighted by atomic mass is 10.1. The molecule has 0 aromatic heterocycles. The maximum absolute atomic E-state index is 12.1. The Morgan fingerprint density at radius 3 is 2.57 bits per heavy atom. The Morgan fingerprint density at radius 1 is 1.14 bits per heavy atom. The number of anilines is 2. The van der Waals surface area contributed by atoms with Crippen LogP contribution in [0.1, 0.15) is 24.0 Å². The van der Waals surface area contributed by atoms with Gasteiger partial charge in [-0.05, 0) is 80.4 Å². The lowest BCUT2D eigenvalue weighted by Gasteiger charge is -2.20. The van der Waals surface area contributed by atoms with Crippen molar-refractivity contribution in [1.82, 2.24) is 5.32 Å². The zero-order chi connectivity index (χ0) is 20.1. The van der Waals surface area contributed by atoms with Gasteiger partial charge in [-0.25, -0.2) is 0 Å². The van der Waals surface area contributed by atoms with Crippen LogP contribution in [0.5, 0.6) is 5.75 Å². The van der Waals surface area contributed by atoms with Crippen molar-refractivity contribution in [3.63, 3.8) is 0 Å². The third kappa shape index (κ3) is 5.36. The molecule has 1 aliphatic heterocycles. The highest BCUT2D eigenvalue weighted by Crippen LogP contribution is 2.31. The molecule has 7 heteroatoms. The Morgan fingerprint density at radius 2 is 1.89 bits per heavy atom. The molecule has 2 aromatic carbocycles. The van der Waals surface area contributed by atoms with Gasteiger partial charge in [-0.1, -0.05) is 17.7 Å². The van der Waals surface area contributed by atoms with Gasteiger partial charge in [0.05, 0.1) is 10.7 Å². The number of nitrogens with zero attached hydrogens (tertiary/aromatic N) is 1. The quantitative estimate of drug-likeness (QED) is 0.704. The van der Waals surface area contributed by atoms with Crippen molar-refractivity contribution >= 4 is 46.2 Å². The van der Waals surface area contributed by atoms with Crippen LogP contribution in [0.2, 0.25) is 5.02 Å². The van der Waals surface area contributed by atoms with Gasteiger partial charge in [0, 0.05) is 18.8 Å². The SMILES string of the molecule is Cc1ccc(OCC(=O)NC(=S)Nc2ccc(N3CCCC3)c(Cl)c2)cc1C. The second kappa shape index (κ2) is 9.26. The lowest BCUT2D eigenvalue weighted by Crippen LogP contribution is -2.37. The number of nitrogens with one attached hydrogen (secondary N) is 2. The molecule has 0 radical (unpaired) electrons. The molecule has 5 nitrogen and oxygen atoms in total. The van der Waals surface area contributed by atoms with Gasteiger partial charge < -0.3 is 15.0 Å². The Kier molecular flexibility index (Phi) is 6.75. The van der Waals surface area contributed by atoms with Gasteiger partial charge in [0.1, 0.15) is 5.75 Å². The molecule has 0 bridgehead atoms. The van der Waals surface area contributed by atoms with Crippen LogP contribution in [0, 0.1) is 13.8 Å². The molecule has 1 fully saturated rings. The first-order valence-corrected chi connectivity index (χ1v) is 10.1. The van der Waals surface area contributed by atoms with Crippen LogP contribution in [-0.4, -0.2) is 30.7 Å². The molecule has 3 rings (SSSR count). The number of hydrogen-bond acceptors (Lipinski definition) is 4. The summed E-state index contributed by atoms with van der Waals surface area (Å²) in [5.41, 5.74) is 4.05. The molecule has 2 N–H and O–H groups in total. The minimum Gasteiger partial charge on any atom is -0.484 e. The largest absolute Gasteiger partial charge is 0.484 e. The maximum atomic E-state index is 12.1. The van der Waals surface area contributed by atoms with Crippen LogP contribution in [-0.2, 0) is 4.79 Å². The first-order chi connectivity index (χ1) is 13.4. The van der Waals surface area contributed by atoms with E-state index in [1.807, 2.05) is 50.2 Å². The molecule has 148 valence electrons. The summed E-state index contributed by atoms with van der Waals surface area (Å²) in [6.07, 6.45) is 2.38. The number of ether oxygens (including phenoxy) is 1. The van der Waals surface area contributed by atoms with E-state index in [1.54, 1.807) is 0 Å². The molecule has 0 saturated carbocycles. The molecule has 0 atom stereocenters. The van der Waals surface area contributed by atoms with E-state index in [1.165, 1.54) is 18.4 Å². The number of halogens is 1. The number of thiocarbonyl (C=S) groups is 1. The highest BCUT2D eigenvalue weighted by atomic mass is 35.5. The summed E-state index contributed by atoms with van der Waals surface area (Å²) in [5, 5.41) is 6.48. The predicted molar refractivity (Wildman–Crippen MR) is 119 cm³/mol. The van der Waals surface area contributed by atoms with Gasteiger partial charge in [-0.2, -0.15) is 0 Å². The van der Waals surface area contributed by atoms with Crippen LogP contribution >= 0.6 is 23.8 Å². The van der Waals surface area contributed by atoms with Crippen molar-refractivity contribution in [2.75, 3.05) is 29.9 Å². The van der Waals surface area contributed by atoms with Gasteiger partial charge in [0.2, 0.25) is 0 Å². The number of amides is 1. The van der Waals surface area contributed by atoms with Crippen LogP contribution in [0.3, 0.4) is 0 Å². The third-order valence-corrected chi connectivity index (χ3v) is 5.26. The summed E-state index contributed by atoms with van der Waals surface area (Å²) in [4.78, 5) is 14.3. The van der Waals surface area contributed by atoms with E-state index in [0.29, 0.717) is 10.8 Å². The summed E-state index contributed by atoms with van der Waals surface area (Å²) in [5.74, 6) is 0.330. The first-order valence-electron chi connectivity index (χ1n) is 9.28. The van der Waals surface area contributed by atoms with Crippen LogP contribution in [0.25, 0.3) is 0 Å². The fourth-order valence-electron chi connectivity index (χ4n) is 3.08. The molecule has 2 aromatic rings. The minimum atomic E-state index is -0.324. The van der Waals surface area contributed by atoms with Gasteiger partial charge >= 0.3 is 0 Å². The Labute approximate surface area is 176 Å². The molecule has 1 heterocycles. The van der Waals surface area contributed by atoms with E-state index in [0.717, 1.165) is 30.0 Å². The average molecular weight is 418 g/mol. The van der Waals surface area contributed by atoms with Crippen LogP contribution in [0.15, 0.2) is 36.4 Å². The summed E-state index contributed by atoms with van der Waals surface area (Å²) in [6.45, 7) is 5.98. The van der Waals surface area contributed by atoms with E-state index in [4.69, 9.17) is 28.6 Å². The number of hydrogen-bond donors (Lipinski definition) is 2. The number of carbonyl (C=O) groups excluding carboxylic acids is 1. The number of aryl methyl sites for hydroxylation is 2. The monoisotopic (exact) mass is 417 g/mol. The smallest absolute Gasteiger partial charge is 0.264 e. The molecule has 0 aliphatic carbocycles. The summed E-state index contributed by atoms with van der Waals surface area (Å²) < 4.78 is 5.52. The topological polar surface area (TPSA) is 53.6 Å². The van der Waals surface area contributed by atoms with E-state index < -0.39 is 0 Å². The van der Waals surface area contributed by atoms with E-state index in [2.05, 4.69) is 15.5 Å². The molecule has 1 saturated heterocycles. The average Bonchev–Trinajstić information content (AvgIpc) is 3.17. The van der Waals surface area contributed by atoms with Crippen molar-refractivity contribution < 1.29 is 9.53 Å². The van der Waals surface area contributed by atoms with E-state index in [-0.39, 0.29) is 17.6 Å². The normalized spacial score (nSPS) is 13.3. The highest BCUT2D eigenvalue weighted by Gasteiger charge is 2.15. The van der Waals surface area contributed by atoms with Crippen molar-refractivity contribution in [2.24, 2.45) is 0 Å². The van der Waals surface area contributed by atoms with Gasteiger partial charge in [0.15, 0.2) is 11.7 Å². The predicted octanol–water partition coefficient (Wildman–Crippen LogP) is 4.45. The van der Waals surface area contributed by atoms with Crippen molar-refractivity contribution in [3.8, 4) is 5.75 Å². The van der Waals surface area contributed by atoms with Crippen molar-refractivity contribution in [1.29, 1.82) is 0 Å². The number of rotatable bonds is 5. The van der Waals surface area contributed by atoms with E-state index in [9.17, 15) is 4.79 Å². The second-order valence-electron chi connectivity index (χ2n) is 6.90. The highest BCUT2D eigenvalue weighted by molar-refractivity contribution is 7.80. The Bertz CT molecular complexity index is 882. The summed E-state index contributed by atoms with van der Waals surface area (Å²) in [7, 11) is 0. The fourth-order valence-corrected chi connectivity index (χ4v) is 3.61. The summed E-state index contributed by atoms with van der Waals surface area (Å²) >= 11 is 11.6. The third-order valence-electron chi connectivity index (χ3n) is 4.75. The van der Waals surface area contributed by atoms with Gasteiger partial charge in [-0.3, -0.25) is 10.1 Å². The van der Waals surface area contributed by atoms with Gasteiger partial charge in [-0.15, -0.1) is 0 Å². The van der Waals surface area contributed by atoms with Crippen molar-refractivity contribution in [2.45, 2.75) is 26.7 Å². The Hall–Kier alpha value is -2.31. The summed E-state index contributed by atoms with van der Waals surface area (Å²) in [6, 6.07) is 11.4. The molecular formula is C21H24ClN3O2S. The van der Waals surface area contributed by atoms with Crippen molar-refractivity contribution in [3.05, 3.63) is 52.5 Å². The standard InChI is InChI=1S/C21H24ClN3O2S/c1-14-5-7-17(11-15(14)2)27-13-20(26)24-21(28)23-16-6-8-19(18(22)12-16)25-9-3-4-10-25/h5-8,11-12H,3-4,9-10,13H2,1-2H3,(H2,23,24,26,28). The van der Waals surface area contributed by atoms with Crippen LogP contribution in [0.4, 0.5) is 11.4 Å². The molecule has 28 heavy (non-hydrogen) atoms.